The fourth-order valence-corrected chi connectivity index (χ4v) is 2.56. The van der Waals surface area contributed by atoms with E-state index < -0.39 is 0 Å². The molecule has 0 bridgehead atoms. The molecule has 0 N–H and O–H groups in total. The average Bonchev–Trinajstić information content (AvgIpc) is 2.40. The van der Waals surface area contributed by atoms with E-state index in [1.807, 2.05) is 12.1 Å². The minimum Gasteiger partial charge on any atom is -0.488 e. The third kappa shape index (κ3) is 3.70. The summed E-state index contributed by atoms with van der Waals surface area (Å²) in [6, 6.07) is 10.7. The van der Waals surface area contributed by atoms with Gasteiger partial charge in [0.25, 0.3) is 0 Å². The molecular formula is C14H10Cl4O. The van der Waals surface area contributed by atoms with Crippen LogP contribution in [-0.4, -0.2) is 0 Å². The molecule has 2 aromatic rings. The summed E-state index contributed by atoms with van der Waals surface area (Å²) in [7, 11) is 0. The highest BCUT2D eigenvalue weighted by Gasteiger charge is 2.08. The van der Waals surface area contributed by atoms with Gasteiger partial charge in [-0.1, -0.05) is 40.9 Å². The van der Waals surface area contributed by atoms with Gasteiger partial charge < -0.3 is 4.74 Å². The summed E-state index contributed by atoms with van der Waals surface area (Å²) in [5.41, 5.74) is 1.58. The molecular weight excluding hydrogens is 326 g/mol. The maximum absolute atomic E-state index is 6.08. The van der Waals surface area contributed by atoms with Crippen LogP contribution in [0, 0.1) is 0 Å². The zero-order chi connectivity index (χ0) is 13.8. The van der Waals surface area contributed by atoms with Crippen LogP contribution in [0.15, 0.2) is 36.4 Å². The highest BCUT2D eigenvalue weighted by atomic mass is 35.5. The molecule has 0 spiro atoms. The molecule has 0 aliphatic heterocycles. The summed E-state index contributed by atoms with van der Waals surface area (Å²) in [5.74, 6) is 0.941. The van der Waals surface area contributed by atoms with E-state index in [1.165, 1.54) is 0 Å². The molecule has 1 nitrogen and oxygen atoms in total. The third-order valence-corrected chi connectivity index (χ3v) is 3.83. The average molecular weight is 336 g/mol. The summed E-state index contributed by atoms with van der Waals surface area (Å²) in [6.07, 6.45) is 0. The lowest BCUT2D eigenvalue weighted by atomic mass is 10.2. The summed E-state index contributed by atoms with van der Waals surface area (Å²) >= 11 is 23.9. The zero-order valence-electron chi connectivity index (χ0n) is 9.80. The number of halogens is 4. The summed E-state index contributed by atoms with van der Waals surface area (Å²) in [4.78, 5) is 0. The largest absolute Gasteiger partial charge is 0.488 e. The van der Waals surface area contributed by atoms with Crippen molar-refractivity contribution in [3.8, 4) is 5.75 Å². The van der Waals surface area contributed by atoms with Crippen molar-refractivity contribution in [2.75, 3.05) is 0 Å². The van der Waals surface area contributed by atoms with Crippen LogP contribution >= 0.6 is 46.4 Å². The Kier molecular flexibility index (Phi) is 5.23. The summed E-state index contributed by atoms with van der Waals surface area (Å²) < 4.78 is 5.72. The van der Waals surface area contributed by atoms with E-state index in [0.717, 1.165) is 11.1 Å². The highest BCUT2D eigenvalue weighted by molar-refractivity contribution is 6.33. The fourth-order valence-electron chi connectivity index (χ4n) is 1.61. The van der Waals surface area contributed by atoms with Crippen molar-refractivity contribution in [3.05, 3.63) is 62.6 Å². The molecule has 0 fully saturated rings. The number of alkyl halides is 1. The smallest absolute Gasteiger partial charge is 0.125 e. The molecule has 5 heteroatoms. The minimum absolute atomic E-state index is 0.290. The molecule has 0 atom stereocenters. The van der Waals surface area contributed by atoms with Crippen molar-refractivity contribution >= 4 is 46.4 Å². The Hall–Kier alpha value is -0.600. The molecule has 2 rings (SSSR count). The van der Waals surface area contributed by atoms with Crippen LogP contribution in [0.25, 0.3) is 0 Å². The fraction of sp³-hybridized carbons (Fsp3) is 0.143. The molecule has 0 saturated carbocycles. The van der Waals surface area contributed by atoms with Crippen molar-refractivity contribution in [1.29, 1.82) is 0 Å². The van der Waals surface area contributed by atoms with Gasteiger partial charge >= 0.3 is 0 Å². The maximum Gasteiger partial charge on any atom is 0.125 e. The molecule has 0 aliphatic carbocycles. The van der Waals surface area contributed by atoms with Crippen molar-refractivity contribution in [1.82, 2.24) is 0 Å². The van der Waals surface area contributed by atoms with E-state index in [2.05, 4.69) is 0 Å². The predicted octanol–water partition coefficient (Wildman–Crippen LogP) is 5.96. The Labute approximate surface area is 132 Å². The van der Waals surface area contributed by atoms with E-state index >= 15 is 0 Å². The Bertz CT molecular complexity index is 584. The maximum atomic E-state index is 6.08. The van der Waals surface area contributed by atoms with Crippen molar-refractivity contribution in [3.63, 3.8) is 0 Å². The van der Waals surface area contributed by atoms with Gasteiger partial charge in [-0.2, -0.15) is 0 Å². The molecule has 0 radical (unpaired) electrons. The van der Waals surface area contributed by atoms with E-state index in [0.29, 0.717) is 27.4 Å². The van der Waals surface area contributed by atoms with Crippen LogP contribution in [0.1, 0.15) is 11.1 Å². The quantitative estimate of drug-likeness (QED) is 0.626. The van der Waals surface area contributed by atoms with Gasteiger partial charge in [-0.25, -0.2) is 0 Å². The number of hydrogen-bond donors (Lipinski definition) is 0. The molecule has 0 amide bonds. The first kappa shape index (κ1) is 14.8. The van der Waals surface area contributed by atoms with Crippen molar-refractivity contribution < 1.29 is 4.74 Å². The summed E-state index contributed by atoms with van der Waals surface area (Å²) in [5, 5.41) is 1.82. The van der Waals surface area contributed by atoms with E-state index in [4.69, 9.17) is 51.1 Å². The van der Waals surface area contributed by atoms with Crippen LogP contribution in [0.5, 0.6) is 5.75 Å². The second-order valence-electron chi connectivity index (χ2n) is 3.87. The molecule has 0 saturated heterocycles. The third-order valence-electron chi connectivity index (χ3n) is 2.60. The molecule has 0 aliphatic rings. The van der Waals surface area contributed by atoms with E-state index in [-0.39, 0.29) is 5.88 Å². The highest BCUT2D eigenvalue weighted by Crippen LogP contribution is 2.29. The van der Waals surface area contributed by atoms with E-state index in [1.54, 1.807) is 24.3 Å². The first-order chi connectivity index (χ1) is 9.11. The molecule has 19 heavy (non-hydrogen) atoms. The van der Waals surface area contributed by atoms with E-state index in [9.17, 15) is 0 Å². The lowest BCUT2D eigenvalue weighted by molar-refractivity contribution is 0.304. The Morgan fingerprint density at radius 3 is 2.47 bits per heavy atom. The molecule has 2 aromatic carbocycles. The molecule has 100 valence electrons. The SMILES string of the molecule is ClCc1c(Cl)cccc1OCc1cc(Cl)ccc1Cl. The second kappa shape index (κ2) is 6.71. The summed E-state index contributed by atoms with van der Waals surface area (Å²) in [6.45, 7) is 0.309. The van der Waals surface area contributed by atoms with Crippen LogP contribution in [0.3, 0.4) is 0 Å². The van der Waals surface area contributed by atoms with Crippen LogP contribution in [0.4, 0.5) is 0 Å². The molecule has 0 aromatic heterocycles. The minimum atomic E-state index is 0.290. The first-order valence-corrected chi connectivity index (χ1v) is 7.18. The van der Waals surface area contributed by atoms with Crippen LogP contribution < -0.4 is 4.74 Å². The van der Waals surface area contributed by atoms with Gasteiger partial charge in [0.05, 0.1) is 5.88 Å². The second-order valence-corrected chi connectivity index (χ2v) is 5.39. The number of hydrogen-bond acceptors (Lipinski definition) is 1. The molecule has 0 heterocycles. The number of ether oxygens (including phenoxy) is 1. The zero-order valence-corrected chi connectivity index (χ0v) is 12.8. The monoisotopic (exact) mass is 334 g/mol. The van der Waals surface area contributed by atoms with Gasteiger partial charge in [0.1, 0.15) is 12.4 Å². The van der Waals surface area contributed by atoms with Gasteiger partial charge in [-0.3, -0.25) is 0 Å². The topological polar surface area (TPSA) is 9.23 Å². The Morgan fingerprint density at radius 2 is 1.74 bits per heavy atom. The van der Waals surface area contributed by atoms with Crippen molar-refractivity contribution in [2.45, 2.75) is 12.5 Å². The Balaban J connectivity index is 2.19. The Morgan fingerprint density at radius 1 is 0.947 bits per heavy atom. The van der Waals surface area contributed by atoms with Gasteiger partial charge in [-0.05, 0) is 30.3 Å². The van der Waals surface area contributed by atoms with Crippen LogP contribution in [0.2, 0.25) is 15.1 Å². The van der Waals surface area contributed by atoms with Gasteiger partial charge in [0, 0.05) is 26.2 Å². The molecule has 0 unspecified atom stereocenters. The van der Waals surface area contributed by atoms with Gasteiger partial charge in [-0.15, -0.1) is 11.6 Å². The van der Waals surface area contributed by atoms with Crippen LogP contribution in [-0.2, 0) is 12.5 Å². The normalized spacial score (nSPS) is 10.5. The number of rotatable bonds is 4. The van der Waals surface area contributed by atoms with Crippen molar-refractivity contribution in [2.24, 2.45) is 0 Å². The lowest BCUT2D eigenvalue weighted by Gasteiger charge is -2.12. The number of benzene rings is 2. The standard InChI is InChI=1S/C14H10Cl4O/c15-7-11-13(18)2-1-3-14(11)19-8-9-6-10(16)4-5-12(9)17/h1-6H,7-8H2. The van der Waals surface area contributed by atoms with Gasteiger partial charge in [0.2, 0.25) is 0 Å². The van der Waals surface area contributed by atoms with Gasteiger partial charge in [0.15, 0.2) is 0 Å². The predicted molar refractivity (Wildman–Crippen MR) is 81.8 cm³/mol. The first-order valence-electron chi connectivity index (χ1n) is 5.52. The lowest BCUT2D eigenvalue weighted by Crippen LogP contribution is -1.99.